The smallest absolute Gasteiger partial charge is 0.441 e. The maximum absolute atomic E-state index is 11.5. The number of carbonyl (C=O) groups is 2. The van der Waals surface area contributed by atoms with Gasteiger partial charge in [0.2, 0.25) is 5.78 Å². The molecule has 0 radical (unpaired) electrons. The Morgan fingerprint density at radius 2 is 1.95 bits per heavy atom. The highest BCUT2D eigenvalue weighted by Gasteiger charge is 2.28. The number of carbonyl (C=O) groups excluding carboxylic acids is 2. The third-order valence-corrected chi connectivity index (χ3v) is 3.11. The molecule has 6 heteroatoms. The van der Waals surface area contributed by atoms with Crippen molar-refractivity contribution in [2.75, 3.05) is 13.7 Å². The van der Waals surface area contributed by atoms with Crippen molar-refractivity contribution in [3.05, 3.63) is 41.4 Å². The summed E-state index contributed by atoms with van der Waals surface area (Å²) in [6.45, 7) is 3.86. The Morgan fingerprint density at radius 3 is 2.48 bits per heavy atom. The van der Waals surface area contributed by atoms with Crippen molar-refractivity contribution in [1.29, 1.82) is 0 Å². The van der Waals surface area contributed by atoms with Crippen LogP contribution in [-0.4, -0.2) is 46.9 Å². The number of ether oxygens (including phenoxy) is 1. The normalized spacial score (nSPS) is 11.6. The molecule has 6 nitrogen and oxygen atoms in total. The van der Waals surface area contributed by atoms with Crippen LogP contribution in [0.4, 0.5) is 0 Å². The van der Waals surface area contributed by atoms with Gasteiger partial charge in [-0.1, -0.05) is 30.3 Å². The van der Waals surface area contributed by atoms with Crippen molar-refractivity contribution in [1.82, 2.24) is 4.90 Å². The highest BCUT2D eigenvalue weighted by atomic mass is 16.5. The number of hydrogen-bond acceptors (Lipinski definition) is 4. The van der Waals surface area contributed by atoms with Gasteiger partial charge in [-0.25, -0.2) is 4.79 Å². The van der Waals surface area contributed by atoms with Gasteiger partial charge in [-0.2, -0.15) is 4.79 Å². The fourth-order valence-corrected chi connectivity index (χ4v) is 1.67. The molecule has 1 atom stereocenters. The van der Waals surface area contributed by atoms with Crippen LogP contribution in [0.5, 0.6) is 0 Å². The zero-order valence-corrected chi connectivity index (χ0v) is 12.4. The minimum Gasteiger partial charge on any atom is -0.455 e. The number of nitrogens with zero attached hydrogens (tertiary/aromatic N) is 3. The Balaban J connectivity index is 2.50. The molecule has 0 aliphatic heterocycles. The second kappa shape index (κ2) is 8.09. The monoisotopic (exact) mass is 289 g/mol. The van der Waals surface area contributed by atoms with Gasteiger partial charge in [0.1, 0.15) is 6.61 Å². The molecule has 0 aliphatic carbocycles. The van der Waals surface area contributed by atoms with Gasteiger partial charge in [-0.3, -0.25) is 9.69 Å². The van der Waals surface area contributed by atoms with Crippen LogP contribution in [-0.2, 0) is 20.9 Å². The molecule has 0 amide bonds. The Bertz CT molecular complexity index is 551. The molecule has 21 heavy (non-hydrogen) atoms. The highest BCUT2D eigenvalue weighted by molar-refractivity contribution is 6.61. The van der Waals surface area contributed by atoms with E-state index in [0.29, 0.717) is 6.54 Å². The van der Waals surface area contributed by atoms with Crippen molar-refractivity contribution in [3.63, 3.8) is 0 Å². The van der Waals surface area contributed by atoms with E-state index in [0.717, 1.165) is 12.5 Å². The molecule has 0 heterocycles. The van der Waals surface area contributed by atoms with Gasteiger partial charge in [0, 0.05) is 19.5 Å². The predicted molar refractivity (Wildman–Crippen MR) is 77.6 cm³/mol. The van der Waals surface area contributed by atoms with E-state index < -0.39 is 17.5 Å². The molecule has 0 spiro atoms. The van der Waals surface area contributed by atoms with Crippen LogP contribution in [0.3, 0.4) is 0 Å². The molecular formula is C15H19N3O3. The first-order chi connectivity index (χ1) is 9.95. The minimum atomic E-state index is -0.912. The maximum Gasteiger partial charge on any atom is 0.441 e. The van der Waals surface area contributed by atoms with E-state index in [1.165, 1.54) is 0 Å². The summed E-state index contributed by atoms with van der Waals surface area (Å²) >= 11 is 0. The molecule has 1 aromatic rings. The maximum atomic E-state index is 11.5. The van der Waals surface area contributed by atoms with Gasteiger partial charge < -0.3 is 10.3 Å². The SMILES string of the molecule is CC(=O)C(=[N+]=[N-])C(=O)OC[C@H](C)N(C)Cc1ccccc1. The van der Waals surface area contributed by atoms with E-state index in [9.17, 15) is 9.59 Å². The number of Topliss-reactive ketones (excluding diaryl/α,β-unsaturated/α-hetero) is 1. The average Bonchev–Trinajstić information content (AvgIpc) is 2.46. The molecule has 1 rings (SSSR count). The molecule has 0 saturated heterocycles. The largest absolute Gasteiger partial charge is 0.455 e. The summed E-state index contributed by atoms with van der Waals surface area (Å²) in [5.74, 6) is -1.54. The highest BCUT2D eigenvalue weighted by Crippen LogP contribution is 2.06. The number of benzene rings is 1. The summed E-state index contributed by atoms with van der Waals surface area (Å²) in [5, 5.41) is 0. The van der Waals surface area contributed by atoms with Crippen LogP contribution in [0.15, 0.2) is 30.3 Å². The summed E-state index contributed by atoms with van der Waals surface area (Å²) < 4.78 is 4.98. The molecule has 0 N–H and O–H groups in total. The standard InChI is InChI=1S/C15H19N3O3/c1-11(10-21-15(20)14(17-16)12(2)19)18(3)9-13-7-5-4-6-8-13/h4-8,11H,9-10H2,1-3H3/t11-/m0/s1. The van der Waals surface area contributed by atoms with Crippen molar-refractivity contribution < 1.29 is 19.1 Å². The molecule has 112 valence electrons. The lowest BCUT2D eigenvalue weighted by Crippen LogP contribution is -2.35. The Labute approximate surface area is 123 Å². The van der Waals surface area contributed by atoms with E-state index >= 15 is 0 Å². The Morgan fingerprint density at radius 1 is 1.33 bits per heavy atom. The fourth-order valence-electron chi connectivity index (χ4n) is 1.67. The third-order valence-electron chi connectivity index (χ3n) is 3.11. The average molecular weight is 289 g/mol. The first kappa shape index (κ1) is 16.8. The second-order valence-electron chi connectivity index (χ2n) is 4.85. The number of likely N-dealkylation sites (N-methyl/N-ethyl adjacent to an activating group) is 1. The minimum absolute atomic E-state index is 0.0407. The van der Waals surface area contributed by atoms with Gasteiger partial charge in [0.25, 0.3) is 0 Å². The molecule has 0 bridgehead atoms. The topological polar surface area (TPSA) is 83.0 Å². The summed E-state index contributed by atoms with van der Waals surface area (Å²) in [5.41, 5.74) is 9.15. The van der Waals surface area contributed by atoms with E-state index in [4.69, 9.17) is 10.3 Å². The van der Waals surface area contributed by atoms with Crippen LogP contribution in [0.1, 0.15) is 19.4 Å². The van der Waals surface area contributed by atoms with Crippen LogP contribution in [0.2, 0.25) is 0 Å². The summed E-state index contributed by atoms with van der Waals surface area (Å²) in [4.78, 5) is 27.3. The van der Waals surface area contributed by atoms with Gasteiger partial charge in [-0.05, 0) is 19.5 Å². The first-order valence-corrected chi connectivity index (χ1v) is 6.60. The molecular weight excluding hydrogens is 270 g/mol. The van der Waals surface area contributed by atoms with Gasteiger partial charge in [0.05, 0.1) is 0 Å². The fraction of sp³-hybridized carbons (Fsp3) is 0.400. The second-order valence-corrected chi connectivity index (χ2v) is 4.85. The van der Waals surface area contributed by atoms with Crippen molar-refractivity contribution in [2.24, 2.45) is 0 Å². The van der Waals surface area contributed by atoms with E-state index in [2.05, 4.69) is 4.79 Å². The molecule has 0 aliphatic rings. The number of ketones is 1. The van der Waals surface area contributed by atoms with Crippen molar-refractivity contribution in [2.45, 2.75) is 26.4 Å². The first-order valence-electron chi connectivity index (χ1n) is 6.60. The van der Waals surface area contributed by atoms with Gasteiger partial charge >= 0.3 is 11.7 Å². The van der Waals surface area contributed by atoms with Gasteiger partial charge in [0.15, 0.2) is 0 Å². The number of rotatable bonds is 7. The molecule has 0 fully saturated rings. The quantitative estimate of drug-likeness (QED) is 0.249. The molecule has 0 aromatic heterocycles. The number of hydrogen-bond donors (Lipinski definition) is 0. The Hall–Kier alpha value is -2.30. The molecule has 0 saturated carbocycles. The zero-order chi connectivity index (χ0) is 15.8. The number of esters is 1. The summed E-state index contributed by atoms with van der Waals surface area (Å²) in [7, 11) is 1.91. The zero-order valence-electron chi connectivity index (χ0n) is 12.4. The Kier molecular flexibility index (Phi) is 6.46. The van der Waals surface area contributed by atoms with Crippen LogP contribution < -0.4 is 0 Å². The summed E-state index contributed by atoms with van der Waals surface area (Å²) in [6, 6.07) is 9.87. The van der Waals surface area contributed by atoms with Crippen molar-refractivity contribution in [3.8, 4) is 0 Å². The predicted octanol–water partition coefficient (Wildman–Crippen LogP) is 1.31. The van der Waals surface area contributed by atoms with Crippen LogP contribution >= 0.6 is 0 Å². The molecule has 0 unspecified atom stereocenters. The lowest BCUT2D eigenvalue weighted by Gasteiger charge is -2.24. The van der Waals surface area contributed by atoms with Crippen LogP contribution in [0.25, 0.3) is 5.53 Å². The van der Waals surface area contributed by atoms with E-state index in [1.54, 1.807) is 0 Å². The lowest BCUT2D eigenvalue weighted by molar-refractivity contribution is -0.143. The lowest BCUT2D eigenvalue weighted by atomic mass is 10.2. The van der Waals surface area contributed by atoms with E-state index in [1.807, 2.05) is 49.2 Å². The molecule has 1 aromatic carbocycles. The van der Waals surface area contributed by atoms with Gasteiger partial charge in [-0.15, -0.1) is 0 Å². The summed E-state index contributed by atoms with van der Waals surface area (Å²) in [6.07, 6.45) is 0. The van der Waals surface area contributed by atoms with E-state index in [-0.39, 0.29) is 12.6 Å². The van der Waals surface area contributed by atoms with Crippen LogP contribution in [0, 0.1) is 0 Å². The third kappa shape index (κ3) is 5.30. The van der Waals surface area contributed by atoms with Crippen molar-refractivity contribution >= 4 is 17.5 Å².